The minimum absolute atomic E-state index is 0.131. The maximum Gasteiger partial charge on any atom is 0.336 e. The van der Waals surface area contributed by atoms with Crippen LogP contribution in [0, 0.1) is 5.82 Å². The Bertz CT molecular complexity index is 738. The summed E-state index contributed by atoms with van der Waals surface area (Å²) < 4.78 is 29.0. The summed E-state index contributed by atoms with van der Waals surface area (Å²) in [4.78, 5) is 11.8. The first kappa shape index (κ1) is 14.4. The van der Waals surface area contributed by atoms with Gasteiger partial charge >= 0.3 is 5.97 Å². The molecular formula is C16H10ClFO4. The van der Waals surface area contributed by atoms with Crippen molar-refractivity contribution >= 4 is 23.6 Å². The van der Waals surface area contributed by atoms with Gasteiger partial charge in [-0.1, -0.05) is 17.7 Å². The van der Waals surface area contributed by atoms with E-state index in [9.17, 15) is 9.18 Å². The smallest absolute Gasteiger partial charge is 0.336 e. The van der Waals surface area contributed by atoms with E-state index in [1.165, 1.54) is 24.3 Å². The molecule has 0 saturated heterocycles. The van der Waals surface area contributed by atoms with Crippen LogP contribution in [0.3, 0.4) is 0 Å². The minimum Gasteiger partial charge on any atom is -0.454 e. The normalized spacial score (nSPS) is 12.6. The molecule has 0 amide bonds. The lowest BCUT2D eigenvalue weighted by atomic mass is 10.2. The number of fused-ring (bicyclic) bond motifs is 1. The van der Waals surface area contributed by atoms with Gasteiger partial charge in [-0.3, -0.25) is 0 Å². The van der Waals surface area contributed by atoms with E-state index < -0.39 is 11.8 Å². The number of rotatable bonds is 3. The van der Waals surface area contributed by atoms with Crippen LogP contribution in [0.2, 0.25) is 5.02 Å². The van der Waals surface area contributed by atoms with Crippen LogP contribution in [0.25, 0.3) is 6.08 Å². The first-order chi connectivity index (χ1) is 10.6. The molecule has 1 heterocycles. The van der Waals surface area contributed by atoms with Crippen LogP contribution < -0.4 is 14.2 Å². The van der Waals surface area contributed by atoms with E-state index in [2.05, 4.69) is 0 Å². The van der Waals surface area contributed by atoms with Crippen LogP contribution in [0.4, 0.5) is 4.39 Å². The average Bonchev–Trinajstić information content (AvgIpc) is 2.94. The summed E-state index contributed by atoms with van der Waals surface area (Å²) in [7, 11) is 0. The number of hydrogen-bond acceptors (Lipinski definition) is 4. The average molecular weight is 321 g/mol. The van der Waals surface area contributed by atoms with Gasteiger partial charge in [0.05, 0.1) is 5.02 Å². The molecule has 1 aliphatic rings. The molecule has 0 atom stereocenters. The highest BCUT2D eigenvalue weighted by atomic mass is 35.5. The third-order valence-corrected chi connectivity index (χ3v) is 3.28. The first-order valence-corrected chi connectivity index (χ1v) is 6.75. The maximum atomic E-state index is 13.6. The van der Waals surface area contributed by atoms with Gasteiger partial charge in [-0.25, -0.2) is 9.18 Å². The Balaban J connectivity index is 1.71. The van der Waals surface area contributed by atoms with E-state index in [4.69, 9.17) is 25.8 Å². The zero-order valence-corrected chi connectivity index (χ0v) is 12.0. The van der Waals surface area contributed by atoms with Crippen LogP contribution >= 0.6 is 11.6 Å². The van der Waals surface area contributed by atoms with E-state index in [0.717, 1.165) is 6.08 Å². The number of esters is 1. The summed E-state index contributed by atoms with van der Waals surface area (Å²) in [6.45, 7) is 0.137. The molecule has 22 heavy (non-hydrogen) atoms. The highest BCUT2D eigenvalue weighted by Crippen LogP contribution is 2.35. The number of ether oxygens (including phenoxy) is 3. The van der Waals surface area contributed by atoms with Gasteiger partial charge in [0, 0.05) is 17.7 Å². The van der Waals surface area contributed by atoms with Gasteiger partial charge in [-0.05, 0) is 30.3 Å². The minimum atomic E-state index is -0.654. The van der Waals surface area contributed by atoms with Crippen LogP contribution in [0.15, 0.2) is 42.5 Å². The summed E-state index contributed by atoms with van der Waals surface area (Å²) in [5.74, 6) is 0.233. The SMILES string of the molecule is O=C(/C=C/c1c(F)cccc1Cl)Oc1ccc2c(c1)OCO2. The zero-order chi connectivity index (χ0) is 15.5. The molecule has 3 rings (SSSR count). The van der Waals surface area contributed by atoms with Gasteiger partial charge < -0.3 is 14.2 Å². The van der Waals surface area contributed by atoms with Crippen molar-refractivity contribution in [1.29, 1.82) is 0 Å². The second-order valence-corrected chi connectivity index (χ2v) is 4.81. The highest BCUT2D eigenvalue weighted by molar-refractivity contribution is 6.32. The van der Waals surface area contributed by atoms with E-state index in [1.54, 1.807) is 18.2 Å². The zero-order valence-electron chi connectivity index (χ0n) is 11.2. The molecule has 0 aliphatic carbocycles. The van der Waals surface area contributed by atoms with E-state index >= 15 is 0 Å². The molecule has 0 radical (unpaired) electrons. The lowest BCUT2D eigenvalue weighted by Gasteiger charge is -2.03. The Morgan fingerprint density at radius 1 is 1.23 bits per heavy atom. The summed E-state index contributed by atoms with van der Waals surface area (Å²) in [5, 5.41) is 0.215. The van der Waals surface area contributed by atoms with Crippen molar-refractivity contribution in [2.75, 3.05) is 6.79 Å². The van der Waals surface area contributed by atoms with E-state index in [1.807, 2.05) is 0 Å². The molecule has 2 aromatic rings. The fourth-order valence-electron chi connectivity index (χ4n) is 1.91. The largest absolute Gasteiger partial charge is 0.454 e. The maximum absolute atomic E-state index is 13.6. The van der Waals surface area contributed by atoms with Gasteiger partial charge in [-0.2, -0.15) is 0 Å². The Kier molecular flexibility index (Phi) is 3.98. The number of halogens is 2. The van der Waals surface area contributed by atoms with Crippen LogP contribution in [0.1, 0.15) is 5.56 Å². The predicted octanol–water partition coefficient (Wildman–Crippen LogP) is 3.83. The molecular weight excluding hydrogens is 311 g/mol. The van der Waals surface area contributed by atoms with E-state index in [-0.39, 0.29) is 17.4 Å². The number of carbonyl (C=O) groups excluding carboxylic acids is 1. The molecule has 0 fully saturated rings. The summed E-state index contributed by atoms with van der Waals surface area (Å²) in [6, 6.07) is 9.05. The Labute approximate surface area is 130 Å². The fraction of sp³-hybridized carbons (Fsp3) is 0.0625. The molecule has 0 N–H and O–H groups in total. The monoisotopic (exact) mass is 320 g/mol. The second-order valence-electron chi connectivity index (χ2n) is 4.40. The Morgan fingerprint density at radius 3 is 2.86 bits per heavy atom. The van der Waals surface area contributed by atoms with Crippen molar-refractivity contribution < 1.29 is 23.4 Å². The second kappa shape index (κ2) is 6.07. The Morgan fingerprint density at radius 2 is 2.05 bits per heavy atom. The topological polar surface area (TPSA) is 44.8 Å². The van der Waals surface area contributed by atoms with Crippen molar-refractivity contribution in [3.05, 3.63) is 58.9 Å². The highest BCUT2D eigenvalue weighted by Gasteiger charge is 2.14. The number of benzene rings is 2. The molecule has 2 aromatic carbocycles. The van der Waals surface area contributed by atoms with E-state index in [0.29, 0.717) is 17.2 Å². The van der Waals surface area contributed by atoms with Crippen molar-refractivity contribution in [1.82, 2.24) is 0 Å². The number of carbonyl (C=O) groups is 1. The summed E-state index contributed by atoms with van der Waals surface area (Å²) in [6.07, 6.45) is 2.38. The molecule has 0 saturated carbocycles. The van der Waals surface area contributed by atoms with Crippen molar-refractivity contribution in [2.45, 2.75) is 0 Å². The third-order valence-electron chi connectivity index (χ3n) is 2.95. The lowest BCUT2D eigenvalue weighted by Crippen LogP contribution is -2.03. The van der Waals surface area contributed by atoms with Gasteiger partial charge in [0.15, 0.2) is 11.5 Å². The molecule has 1 aliphatic heterocycles. The van der Waals surface area contributed by atoms with Crippen LogP contribution in [-0.4, -0.2) is 12.8 Å². The van der Waals surface area contributed by atoms with Crippen LogP contribution in [-0.2, 0) is 4.79 Å². The Hall–Kier alpha value is -2.53. The van der Waals surface area contributed by atoms with Crippen molar-refractivity contribution in [3.8, 4) is 17.2 Å². The molecule has 4 nitrogen and oxygen atoms in total. The molecule has 0 aromatic heterocycles. The predicted molar refractivity (Wildman–Crippen MR) is 78.6 cm³/mol. The van der Waals surface area contributed by atoms with Crippen LogP contribution in [0.5, 0.6) is 17.2 Å². The number of hydrogen-bond donors (Lipinski definition) is 0. The lowest BCUT2D eigenvalue weighted by molar-refractivity contribution is -0.128. The van der Waals surface area contributed by atoms with Crippen molar-refractivity contribution in [2.24, 2.45) is 0 Å². The quantitative estimate of drug-likeness (QED) is 0.490. The third kappa shape index (κ3) is 3.04. The van der Waals surface area contributed by atoms with Gasteiger partial charge in [0.1, 0.15) is 11.6 Å². The molecule has 112 valence electrons. The van der Waals surface area contributed by atoms with Gasteiger partial charge in [0.25, 0.3) is 0 Å². The summed E-state index contributed by atoms with van der Waals surface area (Å²) in [5.41, 5.74) is 0.131. The van der Waals surface area contributed by atoms with Gasteiger partial charge in [-0.15, -0.1) is 0 Å². The fourth-order valence-corrected chi connectivity index (χ4v) is 2.14. The van der Waals surface area contributed by atoms with Gasteiger partial charge in [0.2, 0.25) is 6.79 Å². The molecule has 0 spiro atoms. The molecule has 6 heteroatoms. The molecule has 0 bridgehead atoms. The summed E-state index contributed by atoms with van der Waals surface area (Å²) >= 11 is 5.86. The first-order valence-electron chi connectivity index (χ1n) is 6.37. The standard InChI is InChI=1S/C16H10ClFO4/c17-12-2-1-3-13(18)11(12)5-7-16(19)22-10-4-6-14-15(8-10)21-9-20-14/h1-8H,9H2/b7-5+. The van der Waals surface area contributed by atoms with Crippen molar-refractivity contribution in [3.63, 3.8) is 0 Å². The molecule has 0 unspecified atom stereocenters.